The Morgan fingerprint density at radius 2 is 1.78 bits per heavy atom. The molecule has 0 aliphatic carbocycles. The van der Waals surface area contributed by atoms with Gasteiger partial charge in [0, 0.05) is 29.6 Å². The molecule has 6 heteroatoms. The molecule has 18 heavy (non-hydrogen) atoms. The quantitative estimate of drug-likeness (QED) is 0.807. The normalized spacial score (nSPS) is 19.9. The zero-order valence-electron chi connectivity index (χ0n) is 10.8. The lowest BCUT2D eigenvalue weighted by molar-refractivity contribution is -0.140. The summed E-state index contributed by atoms with van der Waals surface area (Å²) >= 11 is 0. The van der Waals surface area contributed by atoms with E-state index in [1.54, 1.807) is 4.90 Å². The van der Waals surface area contributed by atoms with E-state index in [-0.39, 0.29) is 17.4 Å². The summed E-state index contributed by atoms with van der Waals surface area (Å²) in [6.45, 7) is 2.99. The highest BCUT2D eigenvalue weighted by molar-refractivity contribution is 7.85. The molecule has 1 saturated heterocycles. The number of carboxylic acids is 1. The van der Waals surface area contributed by atoms with Gasteiger partial charge in [-0.2, -0.15) is 0 Å². The van der Waals surface area contributed by atoms with Gasteiger partial charge in [-0.1, -0.05) is 19.8 Å². The molecule has 1 heterocycles. The van der Waals surface area contributed by atoms with Crippen LogP contribution in [-0.4, -0.2) is 50.7 Å². The van der Waals surface area contributed by atoms with Crippen LogP contribution in [-0.2, 0) is 20.4 Å². The number of carbonyl (C=O) groups is 2. The second-order valence-corrected chi connectivity index (χ2v) is 6.29. The fraction of sp³-hybridized carbons (Fsp3) is 0.833. The van der Waals surface area contributed by atoms with Gasteiger partial charge in [-0.3, -0.25) is 13.8 Å². The van der Waals surface area contributed by atoms with Gasteiger partial charge in [-0.15, -0.1) is 0 Å². The zero-order chi connectivity index (χ0) is 13.5. The maximum atomic E-state index is 11.9. The van der Waals surface area contributed by atoms with E-state index < -0.39 is 22.7 Å². The van der Waals surface area contributed by atoms with Crippen LogP contribution in [0.15, 0.2) is 0 Å². The number of carbonyl (C=O) groups excluding carboxylic acids is 1. The zero-order valence-corrected chi connectivity index (χ0v) is 11.6. The van der Waals surface area contributed by atoms with E-state index in [1.165, 1.54) is 6.92 Å². The Morgan fingerprint density at radius 3 is 2.28 bits per heavy atom. The van der Waals surface area contributed by atoms with Crippen molar-refractivity contribution in [2.75, 3.05) is 24.6 Å². The molecule has 0 saturated carbocycles. The number of carboxylic acid groups (broad SMARTS) is 1. The monoisotopic (exact) mass is 275 g/mol. The van der Waals surface area contributed by atoms with Crippen molar-refractivity contribution in [2.45, 2.75) is 32.6 Å². The van der Waals surface area contributed by atoms with Crippen molar-refractivity contribution in [2.24, 2.45) is 5.92 Å². The van der Waals surface area contributed by atoms with Gasteiger partial charge in [0.2, 0.25) is 5.91 Å². The molecule has 1 fully saturated rings. The fourth-order valence-electron chi connectivity index (χ4n) is 1.96. The smallest absolute Gasteiger partial charge is 0.307 e. The van der Waals surface area contributed by atoms with Crippen LogP contribution >= 0.6 is 0 Å². The molecule has 2 atom stereocenters. The van der Waals surface area contributed by atoms with Crippen LogP contribution in [0, 0.1) is 5.92 Å². The van der Waals surface area contributed by atoms with Gasteiger partial charge in [0.05, 0.1) is 5.92 Å². The summed E-state index contributed by atoms with van der Waals surface area (Å²) in [7, 11) is -1.38. The minimum Gasteiger partial charge on any atom is -0.481 e. The highest BCUT2D eigenvalue weighted by Crippen LogP contribution is 2.10. The number of nitrogens with zero attached hydrogens (tertiary/aromatic N) is 1. The van der Waals surface area contributed by atoms with E-state index in [1.807, 2.05) is 0 Å². The van der Waals surface area contributed by atoms with E-state index in [9.17, 15) is 13.8 Å². The van der Waals surface area contributed by atoms with Crippen LogP contribution in [0.4, 0.5) is 0 Å². The summed E-state index contributed by atoms with van der Waals surface area (Å²) in [6, 6.07) is 0. The number of likely N-dealkylation sites (tertiary alicyclic amines) is 1. The average molecular weight is 275 g/mol. The lowest BCUT2D eigenvalue weighted by Crippen LogP contribution is -2.36. The Kier molecular flexibility index (Phi) is 6.32. The van der Waals surface area contributed by atoms with Crippen LogP contribution in [0.3, 0.4) is 0 Å². The predicted molar refractivity (Wildman–Crippen MR) is 69.7 cm³/mol. The van der Waals surface area contributed by atoms with Gasteiger partial charge >= 0.3 is 5.97 Å². The van der Waals surface area contributed by atoms with Crippen LogP contribution in [0.25, 0.3) is 0 Å². The van der Waals surface area contributed by atoms with Gasteiger partial charge in [0.15, 0.2) is 0 Å². The first-order valence-corrected chi connectivity index (χ1v) is 7.85. The number of hydrogen-bond acceptors (Lipinski definition) is 3. The van der Waals surface area contributed by atoms with Gasteiger partial charge in [-0.25, -0.2) is 0 Å². The van der Waals surface area contributed by atoms with E-state index in [0.717, 1.165) is 38.8 Å². The van der Waals surface area contributed by atoms with Gasteiger partial charge < -0.3 is 10.0 Å². The van der Waals surface area contributed by atoms with Crippen molar-refractivity contribution in [3.8, 4) is 0 Å². The molecule has 0 aromatic rings. The van der Waals surface area contributed by atoms with Gasteiger partial charge in [0.25, 0.3) is 0 Å². The molecule has 2 unspecified atom stereocenters. The lowest BCUT2D eigenvalue weighted by Gasteiger charge is -2.20. The Bertz CT molecular complexity index is 324. The molecule has 1 amide bonds. The minimum atomic E-state index is -1.38. The second-order valence-electron chi connectivity index (χ2n) is 4.79. The highest BCUT2D eigenvalue weighted by Gasteiger charge is 2.20. The number of hydrogen-bond donors (Lipinski definition) is 1. The molecule has 1 aliphatic rings. The highest BCUT2D eigenvalue weighted by atomic mass is 32.2. The minimum absolute atomic E-state index is 0.0440. The Hall–Kier alpha value is -0.910. The summed E-state index contributed by atoms with van der Waals surface area (Å²) in [4.78, 5) is 24.3. The molecule has 1 aliphatic heterocycles. The molecule has 1 rings (SSSR count). The van der Waals surface area contributed by atoms with Crippen LogP contribution in [0.2, 0.25) is 0 Å². The molecule has 104 valence electrons. The summed E-state index contributed by atoms with van der Waals surface area (Å²) in [5.41, 5.74) is 0. The van der Waals surface area contributed by atoms with Crippen molar-refractivity contribution in [1.29, 1.82) is 0 Å². The fourth-order valence-corrected chi connectivity index (χ4v) is 3.23. The first-order valence-electron chi connectivity index (χ1n) is 6.36. The van der Waals surface area contributed by atoms with E-state index in [4.69, 9.17) is 5.11 Å². The van der Waals surface area contributed by atoms with Crippen molar-refractivity contribution in [1.82, 2.24) is 4.90 Å². The largest absolute Gasteiger partial charge is 0.481 e. The number of amides is 1. The molecule has 0 spiro atoms. The summed E-state index contributed by atoms with van der Waals surface area (Å²) < 4.78 is 11.7. The number of aliphatic carboxylic acids is 1. The summed E-state index contributed by atoms with van der Waals surface area (Å²) in [5.74, 6) is -1.73. The first kappa shape index (κ1) is 15.1. The maximum Gasteiger partial charge on any atom is 0.307 e. The molecule has 1 N–H and O–H groups in total. The molecular weight excluding hydrogens is 254 g/mol. The van der Waals surface area contributed by atoms with Crippen LogP contribution in [0.1, 0.15) is 32.6 Å². The van der Waals surface area contributed by atoms with E-state index in [2.05, 4.69) is 0 Å². The Balaban J connectivity index is 2.38. The third-order valence-electron chi connectivity index (χ3n) is 3.10. The van der Waals surface area contributed by atoms with Gasteiger partial charge in [0.1, 0.15) is 5.75 Å². The number of rotatable bonds is 5. The van der Waals surface area contributed by atoms with Crippen molar-refractivity contribution in [3.63, 3.8) is 0 Å². The molecule has 0 bridgehead atoms. The standard InChI is InChI=1S/C12H21NO4S/c1-10(12(15)16)8-18(17)9-11(14)13-6-4-2-3-5-7-13/h10H,2-9H2,1H3,(H,15,16). The predicted octanol–water partition coefficient (Wildman–Crippen LogP) is 0.858. The third kappa shape index (κ3) is 5.16. The van der Waals surface area contributed by atoms with Gasteiger partial charge in [-0.05, 0) is 12.8 Å². The maximum absolute atomic E-state index is 11.9. The van der Waals surface area contributed by atoms with Crippen LogP contribution < -0.4 is 0 Å². The summed E-state index contributed by atoms with van der Waals surface area (Å²) in [5, 5.41) is 8.72. The molecule has 5 nitrogen and oxygen atoms in total. The first-order chi connectivity index (χ1) is 8.50. The lowest BCUT2D eigenvalue weighted by atomic mass is 10.2. The Morgan fingerprint density at radius 1 is 1.22 bits per heavy atom. The van der Waals surface area contributed by atoms with E-state index >= 15 is 0 Å². The SMILES string of the molecule is CC(CS(=O)CC(=O)N1CCCCCC1)C(=O)O. The summed E-state index contributed by atoms with van der Waals surface area (Å²) in [6.07, 6.45) is 4.29. The topological polar surface area (TPSA) is 74.7 Å². The third-order valence-corrected chi connectivity index (χ3v) is 4.54. The molecular formula is C12H21NO4S. The molecule has 0 aromatic carbocycles. The average Bonchev–Trinajstić information content (AvgIpc) is 2.56. The molecule has 0 radical (unpaired) electrons. The van der Waals surface area contributed by atoms with Crippen LogP contribution in [0.5, 0.6) is 0 Å². The second kappa shape index (κ2) is 7.51. The molecule has 0 aromatic heterocycles. The van der Waals surface area contributed by atoms with Crippen molar-refractivity contribution >= 4 is 22.7 Å². The van der Waals surface area contributed by atoms with Crippen molar-refractivity contribution < 1.29 is 18.9 Å². The van der Waals surface area contributed by atoms with E-state index in [0.29, 0.717) is 0 Å². The van der Waals surface area contributed by atoms with Crippen molar-refractivity contribution in [3.05, 3.63) is 0 Å². The Labute approximate surface area is 110 Å².